The summed E-state index contributed by atoms with van der Waals surface area (Å²) in [5.41, 5.74) is 2.27. The van der Waals surface area contributed by atoms with E-state index in [9.17, 15) is 0 Å². The summed E-state index contributed by atoms with van der Waals surface area (Å²) in [4.78, 5) is 2.16. The number of hydrogen-bond acceptors (Lipinski definition) is 3. The van der Waals surface area contributed by atoms with Crippen LogP contribution in [0.25, 0.3) is 10.9 Å². The zero-order chi connectivity index (χ0) is 13.8. The molecule has 0 aliphatic rings. The van der Waals surface area contributed by atoms with E-state index in [1.54, 1.807) is 0 Å². The molecule has 1 atom stereocenters. The molecule has 0 bridgehead atoms. The second-order valence-corrected chi connectivity index (χ2v) is 5.01. The Morgan fingerprint density at radius 2 is 2.16 bits per heavy atom. The third kappa shape index (κ3) is 2.94. The number of benzene rings is 1. The minimum atomic E-state index is 0.0459. The van der Waals surface area contributed by atoms with Gasteiger partial charge in [-0.15, -0.1) is 0 Å². The van der Waals surface area contributed by atoms with Gasteiger partial charge in [0.05, 0.1) is 23.2 Å². The third-order valence-electron chi connectivity index (χ3n) is 3.26. The lowest BCUT2D eigenvalue weighted by Crippen LogP contribution is -2.23. The molecule has 0 saturated carbocycles. The number of rotatable bonds is 5. The summed E-state index contributed by atoms with van der Waals surface area (Å²) in [5, 5.41) is 14.7. The number of aryl methyl sites for hydroxylation is 1. The first-order chi connectivity index (χ1) is 9.15. The molecule has 0 aliphatic heterocycles. The molecule has 0 saturated heterocycles. The van der Waals surface area contributed by atoms with Crippen molar-refractivity contribution >= 4 is 10.9 Å². The van der Waals surface area contributed by atoms with Crippen molar-refractivity contribution in [3.05, 3.63) is 30.0 Å². The van der Waals surface area contributed by atoms with Crippen LogP contribution in [0.4, 0.5) is 0 Å². The number of fused-ring (bicyclic) bond motifs is 1. The van der Waals surface area contributed by atoms with Crippen LogP contribution in [0.5, 0.6) is 0 Å². The summed E-state index contributed by atoms with van der Waals surface area (Å²) in [5.74, 6) is 0.0459. The Morgan fingerprint density at radius 3 is 2.84 bits per heavy atom. The number of hydrogen-bond donors (Lipinski definition) is 0. The number of para-hydroxylation sites is 1. The second-order valence-electron chi connectivity index (χ2n) is 5.01. The molecule has 0 aliphatic carbocycles. The smallest absolute Gasteiger partial charge is 0.0843 e. The Kier molecular flexibility index (Phi) is 4.18. The Morgan fingerprint density at radius 1 is 1.42 bits per heavy atom. The molecule has 0 fully saturated rings. The van der Waals surface area contributed by atoms with Crippen LogP contribution in [0.3, 0.4) is 0 Å². The van der Waals surface area contributed by atoms with E-state index in [1.807, 2.05) is 30.8 Å². The van der Waals surface area contributed by atoms with Crippen LogP contribution in [0.2, 0.25) is 0 Å². The molecule has 4 heteroatoms. The maximum absolute atomic E-state index is 8.87. The maximum Gasteiger partial charge on any atom is 0.0843 e. The van der Waals surface area contributed by atoms with Crippen LogP contribution >= 0.6 is 0 Å². The standard InChI is InChI=1S/C15H20N4/c1-4-19-15-8-6-5-7-13(15)14(17-19)11-18(3)10-12(2)9-16/h5-8,12H,4,10-11H2,1-3H3. The molecule has 1 aromatic carbocycles. The van der Waals surface area contributed by atoms with Gasteiger partial charge in [0.25, 0.3) is 0 Å². The van der Waals surface area contributed by atoms with Crippen molar-refractivity contribution in [2.75, 3.05) is 13.6 Å². The summed E-state index contributed by atoms with van der Waals surface area (Å²) in [6, 6.07) is 10.6. The van der Waals surface area contributed by atoms with Gasteiger partial charge >= 0.3 is 0 Å². The van der Waals surface area contributed by atoms with Crippen LogP contribution in [0.1, 0.15) is 19.5 Å². The van der Waals surface area contributed by atoms with E-state index in [2.05, 4.69) is 35.1 Å². The predicted octanol–water partition coefficient (Wildman–Crippen LogP) is 2.65. The minimum absolute atomic E-state index is 0.0459. The van der Waals surface area contributed by atoms with E-state index < -0.39 is 0 Å². The molecule has 0 amide bonds. The van der Waals surface area contributed by atoms with E-state index in [1.165, 1.54) is 10.9 Å². The van der Waals surface area contributed by atoms with Crippen LogP contribution in [-0.4, -0.2) is 28.3 Å². The van der Waals surface area contributed by atoms with Crippen LogP contribution in [0, 0.1) is 17.2 Å². The lowest BCUT2D eigenvalue weighted by molar-refractivity contribution is 0.299. The third-order valence-corrected chi connectivity index (χ3v) is 3.26. The lowest BCUT2D eigenvalue weighted by Gasteiger charge is -2.16. The highest BCUT2D eigenvalue weighted by molar-refractivity contribution is 5.81. The SMILES string of the molecule is CCn1nc(CN(C)CC(C)C#N)c2ccccc21. The molecular weight excluding hydrogens is 236 g/mol. The minimum Gasteiger partial charge on any atom is -0.299 e. The molecule has 1 heterocycles. The molecule has 0 radical (unpaired) electrons. The van der Waals surface area contributed by atoms with Crippen molar-refractivity contribution in [3.63, 3.8) is 0 Å². The fourth-order valence-corrected chi connectivity index (χ4v) is 2.38. The number of nitriles is 1. The van der Waals surface area contributed by atoms with Crippen molar-refractivity contribution in [1.82, 2.24) is 14.7 Å². The zero-order valence-corrected chi connectivity index (χ0v) is 11.8. The largest absolute Gasteiger partial charge is 0.299 e. The highest BCUT2D eigenvalue weighted by atomic mass is 15.3. The van der Waals surface area contributed by atoms with Crippen molar-refractivity contribution in [1.29, 1.82) is 5.26 Å². The number of nitrogens with zero attached hydrogens (tertiary/aromatic N) is 4. The topological polar surface area (TPSA) is 44.9 Å². The summed E-state index contributed by atoms with van der Waals surface area (Å²) in [6.07, 6.45) is 0. The molecule has 0 spiro atoms. The monoisotopic (exact) mass is 256 g/mol. The van der Waals surface area contributed by atoms with Gasteiger partial charge in [-0.05, 0) is 27.0 Å². The quantitative estimate of drug-likeness (QED) is 0.826. The Hall–Kier alpha value is -1.86. The van der Waals surface area contributed by atoms with Gasteiger partial charge in [0.15, 0.2) is 0 Å². The summed E-state index contributed by atoms with van der Waals surface area (Å²) in [7, 11) is 2.04. The number of aromatic nitrogens is 2. The Balaban J connectivity index is 2.23. The highest BCUT2D eigenvalue weighted by Gasteiger charge is 2.12. The van der Waals surface area contributed by atoms with Gasteiger partial charge in [0, 0.05) is 25.0 Å². The molecule has 100 valence electrons. The van der Waals surface area contributed by atoms with Gasteiger partial charge in [-0.3, -0.25) is 9.58 Å². The van der Waals surface area contributed by atoms with E-state index in [0.717, 1.165) is 25.3 Å². The van der Waals surface area contributed by atoms with Crippen LogP contribution in [-0.2, 0) is 13.1 Å². The predicted molar refractivity (Wildman–Crippen MR) is 76.5 cm³/mol. The molecule has 19 heavy (non-hydrogen) atoms. The van der Waals surface area contributed by atoms with Crippen LogP contribution < -0.4 is 0 Å². The normalized spacial score (nSPS) is 12.8. The summed E-state index contributed by atoms with van der Waals surface area (Å²) < 4.78 is 2.03. The van der Waals surface area contributed by atoms with Gasteiger partial charge in [-0.1, -0.05) is 18.2 Å². The van der Waals surface area contributed by atoms with Gasteiger partial charge in [-0.25, -0.2) is 0 Å². The average Bonchev–Trinajstić information content (AvgIpc) is 2.77. The van der Waals surface area contributed by atoms with E-state index >= 15 is 0 Å². The fraction of sp³-hybridized carbons (Fsp3) is 0.467. The van der Waals surface area contributed by atoms with Gasteiger partial charge in [0.2, 0.25) is 0 Å². The molecule has 2 rings (SSSR count). The average molecular weight is 256 g/mol. The van der Waals surface area contributed by atoms with E-state index in [0.29, 0.717) is 0 Å². The second kappa shape index (κ2) is 5.85. The summed E-state index contributed by atoms with van der Waals surface area (Å²) in [6.45, 7) is 6.46. The van der Waals surface area contributed by atoms with Crippen molar-refractivity contribution in [2.24, 2.45) is 5.92 Å². The van der Waals surface area contributed by atoms with Crippen molar-refractivity contribution in [2.45, 2.75) is 26.9 Å². The lowest BCUT2D eigenvalue weighted by atomic mass is 10.1. The molecule has 0 N–H and O–H groups in total. The maximum atomic E-state index is 8.87. The Labute approximate surface area is 114 Å². The van der Waals surface area contributed by atoms with Crippen LogP contribution in [0.15, 0.2) is 24.3 Å². The first-order valence-corrected chi connectivity index (χ1v) is 6.68. The highest BCUT2D eigenvalue weighted by Crippen LogP contribution is 2.19. The van der Waals surface area contributed by atoms with E-state index in [-0.39, 0.29) is 5.92 Å². The Bertz CT molecular complexity index is 594. The molecule has 1 aromatic heterocycles. The first kappa shape index (κ1) is 13.6. The fourth-order valence-electron chi connectivity index (χ4n) is 2.38. The van der Waals surface area contributed by atoms with E-state index in [4.69, 9.17) is 5.26 Å². The molecular formula is C15H20N4. The zero-order valence-electron chi connectivity index (χ0n) is 11.8. The summed E-state index contributed by atoms with van der Waals surface area (Å²) >= 11 is 0. The first-order valence-electron chi connectivity index (χ1n) is 6.68. The molecule has 4 nitrogen and oxygen atoms in total. The van der Waals surface area contributed by atoms with Crippen molar-refractivity contribution < 1.29 is 0 Å². The molecule has 2 aromatic rings. The van der Waals surface area contributed by atoms with Gasteiger partial charge < -0.3 is 0 Å². The van der Waals surface area contributed by atoms with Gasteiger partial charge in [-0.2, -0.15) is 10.4 Å². The van der Waals surface area contributed by atoms with Crippen molar-refractivity contribution in [3.8, 4) is 6.07 Å². The van der Waals surface area contributed by atoms with Gasteiger partial charge in [0.1, 0.15) is 0 Å². The molecule has 1 unspecified atom stereocenters.